The number of halogens is 1. The molecule has 9 nitrogen and oxygen atoms in total. The van der Waals surface area contributed by atoms with Gasteiger partial charge in [-0.1, -0.05) is 36.6 Å². The summed E-state index contributed by atoms with van der Waals surface area (Å²) in [6, 6.07) is 6.85. The molecule has 2 aliphatic heterocycles. The fourth-order valence-electron chi connectivity index (χ4n) is 5.01. The molecule has 3 atom stereocenters. The van der Waals surface area contributed by atoms with Crippen molar-refractivity contribution in [1.82, 2.24) is 25.6 Å². The average Bonchev–Trinajstić information content (AvgIpc) is 3.13. The van der Waals surface area contributed by atoms with Crippen LogP contribution in [-0.4, -0.2) is 70.8 Å². The molecule has 186 valence electrons. The first kappa shape index (κ1) is 24.8. The second kappa shape index (κ2) is 10.9. The Labute approximate surface area is 205 Å². The largest absolute Gasteiger partial charge is 0.379 e. The molecule has 10 heteroatoms. The van der Waals surface area contributed by atoms with Gasteiger partial charge in [-0.05, 0) is 50.8 Å². The summed E-state index contributed by atoms with van der Waals surface area (Å²) in [5, 5.41) is 4.82. The number of hydrogen-bond donors (Lipinski definition) is 2. The first-order chi connectivity index (χ1) is 16.3. The number of hydrazine groups is 1. The van der Waals surface area contributed by atoms with Gasteiger partial charge in [0.05, 0.1) is 12.0 Å². The molecule has 1 aliphatic carbocycles. The van der Waals surface area contributed by atoms with E-state index in [4.69, 9.17) is 16.3 Å². The first-order valence-electron chi connectivity index (χ1n) is 12.1. The van der Waals surface area contributed by atoms with E-state index in [0.29, 0.717) is 31.1 Å². The number of urea groups is 1. The van der Waals surface area contributed by atoms with Crippen LogP contribution in [0.3, 0.4) is 0 Å². The van der Waals surface area contributed by atoms with Crippen molar-refractivity contribution in [2.24, 2.45) is 5.92 Å². The summed E-state index contributed by atoms with van der Waals surface area (Å²) < 4.78 is 5.64. The average molecular weight is 492 g/mol. The van der Waals surface area contributed by atoms with E-state index in [2.05, 4.69) is 10.7 Å². The molecule has 0 radical (unpaired) electrons. The summed E-state index contributed by atoms with van der Waals surface area (Å²) >= 11 is 5.91. The van der Waals surface area contributed by atoms with Crippen LogP contribution in [0.25, 0.3) is 0 Å². The van der Waals surface area contributed by atoms with Gasteiger partial charge in [0.1, 0.15) is 6.54 Å². The summed E-state index contributed by atoms with van der Waals surface area (Å²) in [5.74, 6) is -0.371. The number of nitrogens with zero attached hydrogens (tertiary/aromatic N) is 3. The van der Waals surface area contributed by atoms with Gasteiger partial charge < -0.3 is 15.0 Å². The quantitative estimate of drug-likeness (QED) is 0.518. The van der Waals surface area contributed by atoms with Crippen molar-refractivity contribution in [3.63, 3.8) is 0 Å². The molecule has 1 saturated carbocycles. The number of carbonyl (C=O) groups is 3. The van der Waals surface area contributed by atoms with E-state index < -0.39 is 6.29 Å². The minimum absolute atomic E-state index is 0.0878. The van der Waals surface area contributed by atoms with Gasteiger partial charge in [-0.2, -0.15) is 5.43 Å². The molecule has 34 heavy (non-hydrogen) atoms. The third-order valence-electron chi connectivity index (χ3n) is 6.67. The third kappa shape index (κ3) is 5.47. The molecule has 0 aromatic heterocycles. The normalized spacial score (nSPS) is 24.5. The van der Waals surface area contributed by atoms with Crippen molar-refractivity contribution < 1.29 is 19.1 Å². The van der Waals surface area contributed by atoms with Crippen LogP contribution in [0.2, 0.25) is 5.02 Å². The zero-order valence-electron chi connectivity index (χ0n) is 19.8. The molecule has 0 spiro atoms. The van der Waals surface area contributed by atoms with Gasteiger partial charge in [-0.25, -0.2) is 9.80 Å². The van der Waals surface area contributed by atoms with Crippen LogP contribution in [0.5, 0.6) is 0 Å². The van der Waals surface area contributed by atoms with Crippen molar-refractivity contribution in [2.75, 3.05) is 19.7 Å². The lowest BCUT2D eigenvalue weighted by atomic mass is 9.81. The van der Waals surface area contributed by atoms with Crippen LogP contribution >= 0.6 is 11.6 Å². The maximum absolute atomic E-state index is 13.3. The second-order valence-corrected chi connectivity index (χ2v) is 9.88. The summed E-state index contributed by atoms with van der Waals surface area (Å²) in [6.07, 6.45) is 3.83. The number of nitrogens with one attached hydrogen (secondary N) is 2. The Balaban J connectivity index is 1.41. The Morgan fingerprint density at radius 1 is 1.21 bits per heavy atom. The maximum Gasteiger partial charge on any atom is 0.337 e. The summed E-state index contributed by atoms with van der Waals surface area (Å²) in [6.45, 7) is 5.21. The molecular weight excluding hydrogens is 458 g/mol. The lowest BCUT2D eigenvalue weighted by Gasteiger charge is -2.48. The van der Waals surface area contributed by atoms with Gasteiger partial charge in [0.15, 0.2) is 6.29 Å². The number of carbonyl (C=O) groups excluding carboxylic acids is 3. The molecule has 3 fully saturated rings. The number of ether oxygens (including phenoxy) is 1. The number of rotatable bonds is 9. The van der Waals surface area contributed by atoms with Crippen LogP contribution in [0, 0.1) is 5.92 Å². The second-order valence-electron chi connectivity index (χ2n) is 9.44. The molecule has 2 saturated heterocycles. The zero-order valence-corrected chi connectivity index (χ0v) is 20.6. The van der Waals surface area contributed by atoms with Crippen LogP contribution in [0.15, 0.2) is 24.3 Å². The molecule has 1 aromatic rings. The van der Waals surface area contributed by atoms with E-state index in [-0.39, 0.29) is 42.5 Å². The zero-order chi connectivity index (χ0) is 24.2. The van der Waals surface area contributed by atoms with Crippen LogP contribution in [0.4, 0.5) is 4.79 Å². The molecule has 2 N–H and O–H groups in total. The number of benzene rings is 1. The Hall–Kier alpha value is -2.36. The molecular formula is C24H34ClN5O4. The molecule has 0 bridgehead atoms. The van der Waals surface area contributed by atoms with Crippen molar-refractivity contribution in [3.05, 3.63) is 34.9 Å². The Bertz CT molecular complexity index is 896. The Morgan fingerprint density at radius 2 is 1.94 bits per heavy atom. The highest BCUT2D eigenvalue weighted by Crippen LogP contribution is 2.38. The lowest BCUT2D eigenvalue weighted by molar-refractivity contribution is -0.156. The Morgan fingerprint density at radius 3 is 2.68 bits per heavy atom. The highest BCUT2D eigenvalue weighted by atomic mass is 35.5. The molecule has 2 heterocycles. The molecule has 1 aromatic carbocycles. The number of hydrogen-bond acceptors (Lipinski definition) is 5. The van der Waals surface area contributed by atoms with Crippen molar-refractivity contribution in [1.29, 1.82) is 0 Å². The van der Waals surface area contributed by atoms with Crippen LogP contribution in [-0.2, 0) is 20.9 Å². The van der Waals surface area contributed by atoms with Crippen LogP contribution < -0.4 is 10.7 Å². The summed E-state index contributed by atoms with van der Waals surface area (Å²) in [5.41, 5.74) is 4.06. The molecule has 3 aliphatic rings. The minimum Gasteiger partial charge on any atom is -0.379 e. The van der Waals surface area contributed by atoms with E-state index in [1.165, 1.54) is 5.01 Å². The number of amides is 4. The van der Waals surface area contributed by atoms with E-state index >= 15 is 0 Å². The SMILES string of the molecule is CC(C)OCCCN1C(=O)C2CCCCC2N2C(=O)N(CC(=O)NCc3ccc(Cl)cc3)NC12. The lowest BCUT2D eigenvalue weighted by Crippen LogP contribution is -2.66. The van der Waals surface area contributed by atoms with Gasteiger partial charge >= 0.3 is 6.03 Å². The number of fused-ring (bicyclic) bond motifs is 3. The van der Waals surface area contributed by atoms with Gasteiger partial charge in [0, 0.05) is 30.8 Å². The monoisotopic (exact) mass is 491 g/mol. The minimum atomic E-state index is -0.567. The summed E-state index contributed by atoms with van der Waals surface area (Å²) in [7, 11) is 0. The van der Waals surface area contributed by atoms with Gasteiger partial charge in [-0.3, -0.25) is 14.5 Å². The highest BCUT2D eigenvalue weighted by Gasteiger charge is 2.54. The van der Waals surface area contributed by atoms with Crippen molar-refractivity contribution >= 4 is 29.4 Å². The first-order valence-corrected chi connectivity index (χ1v) is 12.5. The molecule has 3 unspecified atom stereocenters. The van der Waals surface area contributed by atoms with Crippen LogP contribution in [0.1, 0.15) is 51.5 Å². The van der Waals surface area contributed by atoms with E-state index in [1.54, 1.807) is 21.9 Å². The molecule has 4 rings (SSSR count). The third-order valence-corrected chi connectivity index (χ3v) is 6.92. The topological polar surface area (TPSA) is 94.2 Å². The highest BCUT2D eigenvalue weighted by molar-refractivity contribution is 6.30. The van der Waals surface area contributed by atoms with Gasteiger partial charge in [0.25, 0.3) is 0 Å². The van der Waals surface area contributed by atoms with Gasteiger partial charge in [0.2, 0.25) is 11.8 Å². The van der Waals surface area contributed by atoms with Crippen molar-refractivity contribution in [2.45, 2.75) is 70.9 Å². The predicted molar refractivity (Wildman–Crippen MR) is 127 cm³/mol. The van der Waals surface area contributed by atoms with Gasteiger partial charge in [-0.15, -0.1) is 0 Å². The maximum atomic E-state index is 13.3. The van der Waals surface area contributed by atoms with E-state index in [9.17, 15) is 14.4 Å². The predicted octanol–water partition coefficient (Wildman–Crippen LogP) is 2.70. The molecule has 4 amide bonds. The fraction of sp³-hybridized carbons (Fsp3) is 0.625. The van der Waals surface area contributed by atoms with Crippen molar-refractivity contribution in [3.8, 4) is 0 Å². The smallest absolute Gasteiger partial charge is 0.337 e. The Kier molecular flexibility index (Phi) is 7.95. The fourth-order valence-corrected chi connectivity index (χ4v) is 5.14. The summed E-state index contributed by atoms with van der Waals surface area (Å²) in [4.78, 5) is 42.8. The van der Waals surface area contributed by atoms with E-state index in [0.717, 1.165) is 31.2 Å². The van der Waals surface area contributed by atoms with E-state index in [1.807, 2.05) is 26.0 Å². The standard InChI is InChI=1S/C24H34ClN5O4/c1-16(2)34-13-5-12-28-22(32)19-6-3-4-7-20(19)30-23(28)27-29(24(30)33)15-21(31)26-14-17-8-10-18(25)11-9-17/h8-11,16,19-20,23,27H,3-7,12-15H2,1-2H3,(H,26,31).